The molecule has 0 aliphatic heterocycles. The molecule has 0 atom stereocenters. The fourth-order valence-electron chi connectivity index (χ4n) is 1.57. The highest BCUT2D eigenvalue weighted by molar-refractivity contribution is 5.64. The number of anilines is 2. The predicted octanol–water partition coefficient (Wildman–Crippen LogP) is 3.42. The van der Waals surface area contributed by atoms with Gasteiger partial charge in [0.25, 0.3) is 0 Å². The smallest absolute Gasteiger partial charge is 0.338 e. The minimum absolute atomic E-state index is 0.0179. The van der Waals surface area contributed by atoms with Gasteiger partial charge in [-0.1, -0.05) is 6.07 Å². The second kappa shape index (κ2) is 5.17. The molecule has 1 heterocycles. The number of nitrogens with one attached hydrogen (secondary N) is 1. The number of hydrogen-bond donors (Lipinski definition) is 1. The van der Waals surface area contributed by atoms with Crippen LogP contribution in [0.15, 0.2) is 30.6 Å². The Kier molecular flexibility index (Phi) is 3.57. The van der Waals surface area contributed by atoms with Crippen molar-refractivity contribution in [3.05, 3.63) is 47.4 Å². The fourth-order valence-corrected chi connectivity index (χ4v) is 1.57. The summed E-state index contributed by atoms with van der Waals surface area (Å²) in [4.78, 5) is 7.69. The van der Waals surface area contributed by atoms with Crippen molar-refractivity contribution in [1.82, 2.24) is 9.97 Å². The Balaban J connectivity index is 2.41. The Morgan fingerprint density at radius 3 is 2.55 bits per heavy atom. The summed E-state index contributed by atoms with van der Waals surface area (Å²) in [6, 6.07) is 5.16. The molecule has 102 valence electrons. The standard InChI is InChI=1S/C13H9F3N4/c1-8-2-3-9(13(14,15)16)6-10(8)20-12-11(7-17)18-4-5-19-12/h2-6H,1H3,(H,19,20). The Hall–Kier alpha value is -2.62. The normalized spacial score (nSPS) is 10.9. The molecule has 0 fully saturated rings. The van der Waals surface area contributed by atoms with E-state index in [1.807, 2.05) is 6.07 Å². The van der Waals surface area contributed by atoms with E-state index in [9.17, 15) is 13.2 Å². The molecule has 0 radical (unpaired) electrons. The van der Waals surface area contributed by atoms with Gasteiger partial charge in [0.05, 0.1) is 5.56 Å². The molecule has 1 N–H and O–H groups in total. The van der Waals surface area contributed by atoms with Crippen LogP contribution in [-0.2, 0) is 6.18 Å². The molecule has 2 aromatic rings. The Morgan fingerprint density at radius 2 is 1.90 bits per heavy atom. The SMILES string of the molecule is Cc1ccc(C(F)(F)F)cc1Nc1nccnc1C#N. The van der Waals surface area contributed by atoms with E-state index in [2.05, 4.69) is 15.3 Å². The van der Waals surface area contributed by atoms with E-state index in [1.54, 1.807) is 6.92 Å². The number of halogens is 3. The molecule has 7 heteroatoms. The van der Waals surface area contributed by atoms with Crippen molar-refractivity contribution < 1.29 is 13.2 Å². The van der Waals surface area contributed by atoms with Crippen molar-refractivity contribution in [2.45, 2.75) is 13.1 Å². The predicted molar refractivity (Wildman–Crippen MR) is 66.2 cm³/mol. The van der Waals surface area contributed by atoms with Gasteiger partial charge in [0.2, 0.25) is 0 Å². The quantitative estimate of drug-likeness (QED) is 0.914. The van der Waals surface area contributed by atoms with Crippen LogP contribution in [0.4, 0.5) is 24.7 Å². The van der Waals surface area contributed by atoms with Crippen molar-refractivity contribution >= 4 is 11.5 Å². The highest BCUT2D eigenvalue weighted by atomic mass is 19.4. The van der Waals surface area contributed by atoms with Crippen molar-refractivity contribution in [1.29, 1.82) is 5.26 Å². The lowest BCUT2D eigenvalue weighted by molar-refractivity contribution is -0.137. The second-order valence-electron chi connectivity index (χ2n) is 4.02. The zero-order chi connectivity index (χ0) is 14.8. The lowest BCUT2D eigenvalue weighted by atomic mass is 10.1. The monoisotopic (exact) mass is 278 g/mol. The first-order valence-corrected chi connectivity index (χ1v) is 5.58. The maximum absolute atomic E-state index is 12.7. The van der Waals surface area contributed by atoms with E-state index in [4.69, 9.17) is 5.26 Å². The lowest BCUT2D eigenvalue weighted by Gasteiger charge is -2.13. The van der Waals surface area contributed by atoms with Gasteiger partial charge in [-0.2, -0.15) is 18.4 Å². The van der Waals surface area contributed by atoms with Crippen molar-refractivity contribution in [2.75, 3.05) is 5.32 Å². The summed E-state index contributed by atoms with van der Waals surface area (Å²) in [7, 11) is 0. The second-order valence-corrected chi connectivity index (χ2v) is 4.02. The van der Waals surface area contributed by atoms with Gasteiger partial charge in [-0.3, -0.25) is 0 Å². The zero-order valence-corrected chi connectivity index (χ0v) is 10.4. The highest BCUT2D eigenvalue weighted by Crippen LogP contribution is 2.32. The van der Waals surface area contributed by atoms with E-state index < -0.39 is 11.7 Å². The molecular formula is C13H9F3N4. The van der Waals surface area contributed by atoms with Crippen LogP contribution in [0.25, 0.3) is 0 Å². The number of nitriles is 1. The van der Waals surface area contributed by atoms with Gasteiger partial charge in [0.1, 0.15) is 6.07 Å². The molecule has 0 bridgehead atoms. The summed E-state index contributed by atoms with van der Waals surface area (Å²) >= 11 is 0. The van der Waals surface area contributed by atoms with E-state index >= 15 is 0 Å². The summed E-state index contributed by atoms with van der Waals surface area (Å²) in [5.41, 5.74) is 0.0849. The number of nitrogens with zero attached hydrogens (tertiary/aromatic N) is 3. The number of hydrogen-bond acceptors (Lipinski definition) is 4. The summed E-state index contributed by atoms with van der Waals surface area (Å²) < 4.78 is 38.0. The van der Waals surface area contributed by atoms with Crippen molar-refractivity contribution in [3.63, 3.8) is 0 Å². The molecule has 0 aliphatic rings. The summed E-state index contributed by atoms with van der Waals surface area (Å²) in [5, 5.41) is 11.6. The largest absolute Gasteiger partial charge is 0.416 e. The van der Waals surface area contributed by atoms with Gasteiger partial charge >= 0.3 is 6.18 Å². The maximum atomic E-state index is 12.7. The van der Waals surface area contributed by atoms with Crippen molar-refractivity contribution in [3.8, 4) is 6.07 Å². The summed E-state index contributed by atoms with van der Waals surface area (Å²) in [5.74, 6) is 0.123. The fraction of sp³-hybridized carbons (Fsp3) is 0.154. The third kappa shape index (κ3) is 2.85. The van der Waals surface area contributed by atoms with Crippen LogP contribution in [0.3, 0.4) is 0 Å². The highest BCUT2D eigenvalue weighted by Gasteiger charge is 2.30. The van der Waals surface area contributed by atoms with E-state index in [0.717, 1.165) is 12.1 Å². The number of aryl methyl sites for hydroxylation is 1. The topological polar surface area (TPSA) is 61.6 Å². The average Bonchev–Trinajstić information content (AvgIpc) is 2.40. The molecule has 0 saturated carbocycles. The molecule has 0 aliphatic carbocycles. The van der Waals surface area contributed by atoms with Gasteiger partial charge in [-0.05, 0) is 24.6 Å². The molecule has 0 amide bonds. The first-order chi connectivity index (χ1) is 9.41. The third-order valence-corrected chi connectivity index (χ3v) is 2.62. The van der Waals surface area contributed by atoms with Gasteiger partial charge in [0, 0.05) is 18.1 Å². The van der Waals surface area contributed by atoms with Crippen LogP contribution >= 0.6 is 0 Å². The molecule has 1 aromatic heterocycles. The third-order valence-electron chi connectivity index (χ3n) is 2.62. The van der Waals surface area contributed by atoms with E-state index in [-0.39, 0.29) is 17.2 Å². The van der Waals surface area contributed by atoms with Gasteiger partial charge in [-0.25, -0.2) is 9.97 Å². The van der Waals surface area contributed by atoms with Crippen LogP contribution in [0.5, 0.6) is 0 Å². The first-order valence-electron chi connectivity index (χ1n) is 5.58. The Labute approximate surface area is 112 Å². The molecule has 2 rings (SSSR count). The average molecular weight is 278 g/mol. The first kappa shape index (κ1) is 13.8. The Morgan fingerprint density at radius 1 is 1.20 bits per heavy atom. The van der Waals surface area contributed by atoms with Gasteiger partial charge in [-0.15, -0.1) is 0 Å². The number of aromatic nitrogens is 2. The molecule has 0 saturated heterocycles. The lowest BCUT2D eigenvalue weighted by Crippen LogP contribution is -2.07. The summed E-state index contributed by atoms with van der Waals surface area (Å²) in [6.45, 7) is 1.66. The van der Waals surface area contributed by atoms with Gasteiger partial charge < -0.3 is 5.32 Å². The molecule has 1 aromatic carbocycles. The maximum Gasteiger partial charge on any atom is 0.416 e. The van der Waals surface area contributed by atoms with Crippen LogP contribution in [0, 0.1) is 18.3 Å². The number of alkyl halides is 3. The zero-order valence-electron chi connectivity index (χ0n) is 10.4. The minimum Gasteiger partial charge on any atom is -0.338 e. The Bertz CT molecular complexity index is 674. The molecule has 0 unspecified atom stereocenters. The van der Waals surface area contributed by atoms with Crippen LogP contribution in [-0.4, -0.2) is 9.97 Å². The number of rotatable bonds is 2. The van der Waals surface area contributed by atoms with Crippen LogP contribution in [0.2, 0.25) is 0 Å². The van der Waals surface area contributed by atoms with Crippen LogP contribution in [0.1, 0.15) is 16.8 Å². The summed E-state index contributed by atoms with van der Waals surface area (Å²) in [6.07, 6.45) is -1.74. The number of benzene rings is 1. The van der Waals surface area contributed by atoms with E-state index in [1.165, 1.54) is 18.5 Å². The minimum atomic E-state index is -4.43. The van der Waals surface area contributed by atoms with Crippen LogP contribution < -0.4 is 5.32 Å². The molecule has 20 heavy (non-hydrogen) atoms. The molecule has 4 nitrogen and oxygen atoms in total. The molecule has 0 spiro atoms. The van der Waals surface area contributed by atoms with E-state index in [0.29, 0.717) is 5.56 Å². The van der Waals surface area contributed by atoms with Gasteiger partial charge in [0.15, 0.2) is 11.5 Å². The van der Waals surface area contributed by atoms with Crippen molar-refractivity contribution in [2.24, 2.45) is 0 Å². The molecular weight excluding hydrogens is 269 g/mol.